The highest BCUT2D eigenvalue weighted by Gasteiger charge is 2.52. The summed E-state index contributed by atoms with van der Waals surface area (Å²) in [7, 11) is 1.27. The summed E-state index contributed by atoms with van der Waals surface area (Å²) in [5, 5.41) is 0. The minimum Gasteiger partial charge on any atom is -0.374 e. The van der Waals surface area contributed by atoms with E-state index in [2.05, 4.69) is 36.8 Å². The maximum absolute atomic E-state index is 5.92. The van der Waals surface area contributed by atoms with Crippen molar-refractivity contribution in [3.8, 4) is 0 Å². The van der Waals surface area contributed by atoms with Crippen LogP contribution in [0, 0.1) is 11.8 Å². The van der Waals surface area contributed by atoms with E-state index >= 15 is 0 Å². The molecular formula is C13H30N2O2Si. The predicted molar refractivity (Wildman–Crippen MR) is 77.2 cm³/mol. The zero-order valence-corrected chi connectivity index (χ0v) is 13.9. The molecule has 18 heavy (non-hydrogen) atoms. The molecule has 0 radical (unpaired) electrons. The van der Waals surface area contributed by atoms with E-state index in [1.165, 1.54) is 6.42 Å². The summed E-state index contributed by atoms with van der Waals surface area (Å²) in [4.78, 5) is 0. The van der Waals surface area contributed by atoms with Gasteiger partial charge in [0.2, 0.25) is 0 Å². The Hall–Kier alpha value is 0.0569. The van der Waals surface area contributed by atoms with Gasteiger partial charge in [-0.1, -0.05) is 27.7 Å². The SMILES string of the molecule is CO[Si]1(OC)N(CC(C)C)CCCN1CC(C)C. The molecule has 0 N–H and O–H groups in total. The van der Waals surface area contributed by atoms with Crippen LogP contribution in [0.4, 0.5) is 0 Å². The normalized spacial score (nSPS) is 22.0. The summed E-state index contributed by atoms with van der Waals surface area (Å²) in [6.45, 7) is 13.3. The van der Waals surface area contributed by atoms with E-state index in [4.69, 9.17) is 8.85 Å². The fourth-order valence-electron chi connectivity index (χ4n) is 2.83. The second-order valence-electron chi connectivity index (χ2n) is 5.99. The Kier molecular flexibility index (Phi) is 6.27. The molecular weight excluding hydrogens is 244 g/mol. The topological polar surface area (TPSA) is 24.9 Å². The van der Waals surface area contributed by atoms with Crippen LogP contribution in [0.25, 0.3) is 0 Å². The van der Waals surface area contributed by atoms with Crippen LogP contribution in [0.15, 0.2) is 0 Å². The molecule has 0 aromatic rings. The molecule has 0 atom stereocenters. The largest absolute Gasteiger partial charge is 0.522 e. The zero-order chi connectivity index (χ0) is 13.8. The van der Waals surface area contributed by atoms with Gasteiger partial charge in [-0.3, -0.25) is 9.13 Å². The van der Waals surface area contributed by atoms with Crippen LogP contribution in [-0.2, 0) is 8.85 Å². The Morgan fingerprint density at radius 2 is 1.28 bits per heavy atom. The van der Waals surface area contributed by atoms with Gasteiger partial charge in [-0.15, -0.1) is 0 Å². The summed E-state index contributed by atoms with van der Waals surface area (Å²) in [5.74, 6) is 1.28. The summed E-state index contributed by atoms with van der Waals surface area (Å²) in [6, 6.07) is 0. The molecule has 1 aliphatic heterocycles. The van der Waals surface area contributed by atoms with Crippen LogP contribution in [0.2, 0.25) is 0 Å². The van der Waals surface area contributed by atoms with E-state index in [-0.39, 0.29) is 0 Å². The van der Waals surface area contributed by atoms with Gasteiger partial charge in [-0.2, -0.15) is 0 Å². The number of hydrogen-bond acceptors (Lipinski definition) is 4. The molecule has 1 saturated heterocycles. The van der Waals surface area contributed by atoms with Crippen LogP contribution in [0.3, 0.4) is 0 Å². The maximum Gasteiger partial charge on any atom is 0.522 e. The van der Waals surface area contributed by atoms with Crippen LogP contribution in [-0.4, -0.2) is 58.4 Å². The molecule has 0 saturated carbocycles. The van der Waals surface area contributed by atoms with Gasteiger partial charge >= 0.3 is 8.88 Å². The molecule has 5 heteroatoms. The van der Waals surface area contributed by atoms with Crippen LogP contribution < -0.4 is 0 Å². The quantitative estimate of drug-likeness (QED) is 0.692. The molecule has 1 heterocycles. The van der Waals surface area contributed by atoms with Crippen molar-refractivity contribution in [3.05, 3.63) is 0 Å². The predicted octanol–water partition coefficient (Wildman–Crippen LogP) is 2.03. The summed E-state index contributed by atoms with van der Waals surface area (Å²) in [5.41, 5.74) is 0. The van der Waals surface area contributed by atoms with E-state index in [1.54, 1.807) is 0 Å². The molecule has 1 rings (SSSR count). The van der Waals surface area contributed by atoms with E-state index in [1.807, 2.05) is 14.2 Å². The van der Waals surface area contributed by atoms with Crippen molar-refractivity contribution in [2.24, 2.45) is 11.8 Å². The monoisotopic (exact) mass is 274 g/mol. The molecule has 0 spiro atoms. The average Bonchev–Trinajstić information content (AvgIpc) is 2.29. The Bertz CT molecular complexity index is 225. The van der Waals surface area contributed by atoms with E-state index in [0.29, 0.717) is 11.8 Å². The average molecular weight is 274 g/mol. The zero-order valence-electron chi connectivity index (χ0n) is 12.9. The molecule has 1 aliphatic rings. The lowest BCUT2D eigenvalue weighted by atomic mass is 10.2. The first-order valence-electron chi connectivity index (χ1n) is 7.06. The van der Waals surface area contributed by atoms with Gasteiger partial charge < -0.3 is 8.85 Å². The third kappa shape index (κ3) is 3.54. The Balaban J connectivity index is 2.89. The van der Waals surface area contributed by atoms with E-state index < -0.39 is 8.88 Å². The smallest absolute Gasteiger partial charge is 0.374 e. The molecule has 0 bridgehead atoms. The summed E-state index contributed by atoms with van der Waals surface area (Å²) < 4.78 is 16.8. The lowest BCUT2D eigenvalue weighted by molar-refractivity contribution is 0.0608. The highest BCUT2D eigenvalue weighted by atomic mass is 28.4. The van der Waals surface area contributed by atoms with Gasteiger partial charge in [0.15, 0.2) is 0 Å². The van der Waals surface area contributed by atoms with E-state index in [0.717, 1.165) is 26.2 Å². The number of rotatable bonds is 6. The Morgan fingerprint density at radius 1 is 0.889 bits per heavy atom. The van der Waals surface area contributed by atoms with Gasteiger partial charge in [0, 0.05) is 14.2 Å². The fraction of sp³-hybridized carbons (Fsp3) is 1.00. The number of nitrogens with zero attached hydrogens (tertiary/aromatic N) is 2. The Morgan fingerprint density at radius 3 is 1.56 bits per heavy atom. The van der Waals surface area contributed by atoms with Crippen LogP contribution in [0.1, 0.15) is 34.1 Å². The highest BCUT2D eigenvalue weighted by molar-refractivity contribution is 6.61. The second kappa shape index (κ2) is 7.00. The second-order valence-corrected chi connectivity index (χ2v) is 9.17. The van der Waals surface area contributed by atoms with Gasteiger partial charge in [0.05, 0.1) is 0 Å². The van der Waals surface area contributed by atoms with E-state index in [9.17, 15) is 0 Å². The van der Waals surface area contributed by atoms with Gasteiger partial charge in [0.25, 0.3) is 0 Å². The van der Waals surface area contributed by atoms with Crippen molar-refractivity contribution in [3.63, 3.8) is 0 Å². The van der Waals surface area contributed by atoms with Gasteiger partial charge in [-0.25, -0.2) is 0 Å². The van der Waals surface area contributed by atoms with Crippen molar-refractivity contribution >= 4 is 8.88 Å². The van der Waals surface area contributed by atoms with Crippen molar-refractivity contribution in [1.82, 2.24) is 9.13 Å². The molecule has 1 fully saturated rings. The van der Waals surface area contributed by atoms with Crippen molar-refractivity contribution < 1.29 is 8.85 Å². The molecule has 0 amide bonds. The van der Waals surface area contributed by atoms with Crippen LogP contribution >= 0.6 is 0 Å². The third-order valence-corrected chi connectivity index (χ3v) is 6.83. The molecule has 108 valence electrons. The molecule has 0 aliphatic carbocycles. The molecule has 0 aromatic heterocycles. The fourth-order valence-corrected chi connectivity index (χ4v) is 6.50. The molecule has 0 unspecified atom stereocenters. The minimum absolute atomic E-state index is 0.640. The summed E-state index contributed by atoms with van der Waals surface area (Å²) in [6.07, 6.45) is 1.21. The molecule has 0 aromatic carbocycles. The minimum atomic E-state index is -2.35. The first-order chi connectivity index (χ1) is 8.46. The lowest BCUT2D eigenvalue weighted by Crippen LogP contribution is -2.73. The Labute approximate surface area is 114 Å². The first-order valence-corrected chi connectivity index (χ1v) is 8.77. The van der Waals surface area contributed by atoms with Crippen molar-refractivity contribution in [1.29, 1.82) is 0 Å². The van der Waals surface area contributed by atoms with Crippen LogP contribution in [0.5, 0.6) is 0 Å². The first kappa shape index (κ1) is 16.1. The third-order valence-electron chi connectivity index (χ3n) is 3.36. The van der Waals surface area contributed by atoms with Gasteiger partial charge in [0.1, 0.15) is 0 Å². The standard InChI is InChI=1S/C13H30N2O2Si/c1-12(2)10-14-8-7-9-15(11-13(3)4)18(14,16-5)17-6/h12-13H,7-11H2,1-6H3. The molecule has 4 nitrogen and oxygen atoms in total. The van der Waals surface area contributed by atoms with Gasteiger partial charge in [-0.05, 0) is 44.4 Å². The van der Waals surface area contributed by atoms with Crippen molar-refractivity contribution in [2.75, 3.05) is 40.4 Å². The lowest BCUT2D eigenvalue weighted by Gasteiger charge is -2.48. The maximum atomic E-state index is 5.92. The highest BCUT2D eigenvalue weighted by Crippen LogP contribution is 2.25. The summed E-state index contributed by atoms with van der Waals surface area (Å²) >= 11 is 0. The number of hydrogen-bond donors (Lipinski definition) is 0. The van der Waals surface area contributed by atoms with Crippen molar-refractivity contribution in [2.45, 2.75) is 34.1 Å².